The maximum absolute atomic E-state index is 12.8. The monoisotopic (exact) mass is 376 g/mol. The number of amides is 1. The van der Waals surface area contributed by atoms with Gasteiger partial charge in [0.1, 0.15) is 0 Å². The average molecular weight is 376 g/mol. The zero-order chi connectivity index (χ0) is 19.6. The van der Waals surface area contributed by atoms with Gasteiger partial charge in [0.05, 0.1) is 17.3 Å². The van der Waals surface area contributed by atoms with Gasteiger partial charge < -0.3 is 10.0 Å². The number of rotatable bonds is 4. The van der Waals surface area contributed by atoms with E-state index in [1.165, 1.54) is 11.0 Å². The average Bonchev–Trinajstić information content (AvgIpc) is 3.25. The van der Waals surface area contributed by atoms with Gasteiger partial charge >= 0.3 is 5.97 Å². The number of carboxylic acid groups (broad SMARTS) is 1. The Hall–Kier alpha value is -3.48. The van der Waals surface area contributed by atoms with Crippen molar-refractivity contribution in [1.82, 2.24) is 19.9 Å². The van der Waals surface area contributed by atoms with E-state index in [2.05, 4.69) is 10.2 Å². The first-order valence-electron chi connectivity index (χ1n) is 9.16. The van der Waals surface area contributed by atoms with Crippen LogP contribution >= 0.6 is 0 Å². The van der Waals surface area contributed by atoms with Gasteiger partial charge in [-0.3, -0.25) is 9.59 Å². The number of nitrogens with zero attached hydrogens (tertiary/aromatic N) is 4. The Morgan fingerprint density at radius 2 is 1.54 bits per heavy atom. The number of benzene rings is 2. The normalized spacial score (nSPS) is 15.9. The summed E-state index contributed by atoms with van der Waals surface area (Å²) in [7, 11) is 0. The van der Waals surface area contributed by atoms with Gasteiger partial charge in [0.15, 0.2) is 5.69 Å². The third-order valence-corrected chi connectivity index (χ3v) is 5.34. The van der Waals surface area contributed by atoms with Crippen molar-refractivity contribution in [2.75, 3.05) is 13.1 Å². The Morgan fingerprint density at radius 3 is 2.14 bits per heavy atom. The minimum absolute atomic E-state index is 0.228. The maximum atomic E-state index is 12.8. The number of carboxylic acids is 1. The molecule has 1 saturated heterocycles. The molecule has 142 valence electrons. The first-order valence-corrected chi connectivity index (χ1v) is 9.16. The highest BCUT2D eigenvalue weighted by Crippen LogP contribution is 2.36. The minimum Gasteiger partial charge on any atom is -0.481 e. The van der Waals surface area contributed by atoms with E-state index in [9.17, 15) is 14.7 Å². The van der Waals surface area contributed by atoms with E-state index in [4.69, 9.17) is 0 Å². The fraction of sp³-hybridized carbons (Fsp3) is 0.238. The van der Waals surface area contributed by atoms with Crippen LogP contribution in [-0.2, 0) is 10.2 Å². The molecule has 0 aliphatic carbocycles. The number of aromatic nitrogens is 3. The van der Waals surface area contributed by atoms with Crippen molar-refractivity contribution in [2.45, 2.75) is 18.3 Å². The van der Waals surface area contributed by atoms with Crippen LogP contribution in [0.25, 0.3) is 5.69 Å². The summed E-state index contributed by atoms with van der Waals surface area (Å²) in [5.41, 5.74) is 0.852. The SMILES string of the molecule is O=C(c1cnn(-c2ccccc2)n1)N1CCC(C(=O)O)(c2ccccc2)CC1. The predicted octanol–water partition coefficient (Wildman–Crippen LogP) is 2.53. The highest BCUT2D eigenvalue weighted by molar-refractivity contribution is 5.92. The lowest BCUT2D eigenvalue weighted by Gasteiger charge is -2.39. The highest BCUT2D eigenvalue weighted by Gasteiger charge is 2.44. The van der Waals surface area contributed by atoms with Crippen LogP contribution < -0.4 is 0 Å². The van der Waals surface area contributed by atoms with Crippen molar-refractivity contribution in [2.24, 2.45) is 0 Å². The lowest BCUT2D eigenvalue weighted by Crippen LogP contribution is -2.49. The number of carbonyl (C=O) groups is 2. The minimum atomic E-state index is -0.959. The summed E-state index contributed by atoms with van der Waals surface area (Å²) in [6.07, 6.45) is 2.18. The summed E-state index contributed by atoms with van der Waals surface area (Å²) in [6.45, 7) is 0.719. The smallest absolute Gasteiger partial charge is 0.314 e. The summed E-state index contributed by atoms with van der Waals surface area (Å²) >= 11 is 0. The lowest BCUT2D eigenvalue weighted by molar-refractivity contribution is -0.145. The fourth-order valence-electron chi connectivity index (χ4n) is 3.68. The molecule has 0 radical (unpaired) electrons. The largest absolute Gasteiger partial charge is 0.481 e. The zero-order valence-electron chi connectivity index (χ0n) is 15.2. The van der Waals surface area contributed by atoms with Crippen LogP contribution in [-0.4, -0.2) is 50.0 Å². The molecule has 1 amide bonds. The molecule has 0 unspecified atom stereocenters. The summed E-state index contributed by atoms with van der Waals surface area (Å²) in [6, 6.07) is 18.6. The Kier molecular flexibility index (Phi) is 4.65. The molecule has 0 saturated carbocycles. The number of piperidine rings is 1. The second kappa shape index (κ2) is 7.26. The molecular weight excluding hydrogens is 356 g/mol. The molecule has 7 heteroatoms. The molecular formula is C21H20N4O3. The Bertz CT molecular complexity index is 977. The molecule has 3 aromatic rings. The molecule has 0 bridgehead atoms. The molecule has 7 nitrogen and oxygen atoms in total. The number of likely N-dealkylation sites (tertiary alicyclic amines) is 1. The molecule has 1 aliphatic heterocycles. The van der Waals surface area contributed by atoms with Crippen LogP contribution in [0.2, 0.25) is 0 Å². The van der Waals surface area contributed by atoms with E-state index in [0.29, 0.717) is 25.9 Å². The van der Waals surface area contributed by atoms with Gasteiger partial charge in [0.2, 0.25) is 0 Å². The zero-order valence-corrected chi connectivity index (χ0v) is 15.2. The van der Waals surface area contributed by atoms with Crippen molar-refractivity contribution >= 4 is 11.9 Å². The summed E-state index contributed by atoms with van der Waals surface area (Å²) in [5.74, 6) is -1.07. The molecule has 0 spiro atoms. The van der Waals surface area contributed by atoms with Crippen LogP contribution in [0.15, 0.2) is 66.9 Å². The first-order chi connectivity index (χ1) is 13.6. The van der Waals surface area contributed by atoms with Gasteiger partial charge in [-0.15, -0.1) is 5.10 Å². The van der Waals surface area contributed by atoms with Gasteiger partial charge in [-0.25, -0.2) is 0 Å². The van der Waals surface area contributed by atoms with E-state index in [1.54, 1.807) is 4.90 Å². The van der Waals surface area contributed by atoms with E-state index < -0.39 is 11.4 Å². The predicted molar refractivity (Wildman–Crippen MR) is 102 cm³/mol. The number of para-hydroxylation sites is 1. The highest BCUT2D eigenvalue weighted by atomic mass is 16.4. The maximum Gasteiger partial charge on any atom is 0.314 e. The molecule has 0 atom stereocenters. The fourth-order valence-corrected chi connectivity index (χ4v) is 3.68. The standard InChI is InChI=1S/C21H20N4O3/c26-19(18-15-22-25(23-18)17-9-5-2-6-10-17)24-13-11-21(12-14-24,20(27)28)16-7-3-1-4-8-16/h1-10,15H,11-14H2,(H,27,28). The second-order valence-corrected chi connectivity index (χ2v) is 6.90. The van der Waals surface area contributed by atoms with Crippen molar-refractivity contribution in [3.63, 3.8) is 0 Å². The summed E-state index contributed by atoms with van der Waals surface area (Å²) < 4.78 is 0. The summed E-state index contributed by atoms with van der Waals surface area (Å²) in [4.78, 5) is 28.0. The van der Waals surface area contributed by atoms with E-state index in [-0.39, 0.29) is 11.6 Å². The Balaban J connectivity index is 1.50. The van der Waals surface area contributed by atoms with Crippen LogP contribution in [0.4, 0.5) is 0 Å². The topological polar surface area (TPSA) is 88.3 Å². The quantitative estimate of drug-likeness (QED) is 0.756. The van der Waals surface area contributed by atoms with E-state index in [0.717, 1.165) is 11.3 Å². The number of hydrogen-bond donors (Lipinski definition) is 1. The molecule has 1 aromatic heterocycles. The molecule has 1 N–H and O–H groups in total. The molecule has 4 rings (SSSR count). The van der Waals surface area contributed by atoms with Crippen molar-refractivity contribution in [3.8, 4) is 5.69 Å². The van der Waals surface area contributed by atoms with Gasteiger partial charge in [-0.2, -0.15) is 9.90 Å². The van der Waals surface area contributed by atoms with Crippen LogP contribution in [0.5, 0.6) is 0 Å². The van der Waals surface area contributed by atoms with Crippen molar-refractivity contribution in [1.29, 1.82) is 0 Å². The van der Waals surface area contributed by atoms with E-state index in [1.807, 2.05) is 60.7 Å². The number of hydrogen-bond acceptors (Lipinski definition) is 4. The molecule has 1 aliphatic rings. The third-order valence-electron chi connectivity index (χ3n) is 5.34. The molecule has 2 heterocycles. The molecule has 28 heavy (non-hydrogen) atoms. The van der Waals surface area contributed by atoms with Crippen molar-refractivity contribution in [3.05, 3.63) is 78.1 Å². The second-order valence-electron chi connectivity index (χ2n) is 6.90. The Labute approximate surface area is 162 Å². The number of aliphatic carboxylic acids is 1. The van der Waals surface area contributed by atoms with Gasteiger partial charge in [-0.1, -0.05) is 48.5 Å². The van der Waals surface area contributed by atoms with Crippen LogP contribution in [0.1, 0.15) is 28.9 Å². The molecule has 2 aromatic carbocycles. The van der Waals surface area contributed by atoms with Gasteiger partial charge in [0.25, 0.3) is 5.91 Å². The van der Waals surface area contributed by atoms with Gasteiger partial charge in [0, 0.05) is 13.1 Å². The van der Waals surface area contributed by atoms with E-state index >= 15 is 0 Å². The summed E-state index contributed by atoms with van der Waals surface area (Å²) in [5, 5.41) is 18.3. The van der Waals surface area contributed by atoms with Gasteiger partial charge in [-0.05, 0) is 30.5 Å². The lowest BCUT2D eigenvalue weighted by atomic mass is 9.73. The number of carbonyl (C=O) groups excluding carboxylic acids is 1. The van der Waals surface area contributed by atoms with Crippen LogP contribution in [0.3, 0.4) is 0 Å². The Morgan fingerprint density at radius 1 is 0.929 bits per heavy atom. The van der Waals surface area contributed by atoms with Crippen molar-refractivity contribution < 1.29 is 14.7 Å². The van der Waals surface area contributed by atoms with Crippen LogP contribution in [0, 0.1) is 0 Å². The first kappa shape index (κ1) is 17.9. The third kappa shape index (κ3) is 3.15. The molecule has 1 fully saturated rings.